The molecule has 0 N–H and O–H groups in total. The standard InChI is InChI=1S/C21H29N5O2/c1-4-26-19-17(13-22-26)12-18(15(2)23-19)20(28)24-10-11-25(16(3)27)21(14-24)8-6-5-7-9-21/h12-13H,4-11,14H2,1-3H3. The third-order valence-electron chi connectivity index (χ3n) is 6.43. The Morgan fingerprint density at radius 3 is 2.61 bits per heavy atom. The number of rotatable bonds is 2. The van der Waals surface area contributed by atoms with Crippen molar-refractivity contribution >= 4 is 22.8 Å². The summed E-state index contributed by atoms with van der Waals surface area (Å²) in [5.41, 5.74) is 2.00. The van der Waals surface area contributed by atoms with Gasteiger partial charge in [-0.3, -0.25) is 9.59 Å². The predicted molar refractivity (Wildman–Crippen MR) is 107 cm³/mol. The van der Waals surface area contributed by atoms with E-state index in [0.717, 1.165) is 49.0 Å². The van der Waals surface area contributed by atoms with E-state index >= 15 is 0 Å². The molecule has 3 heterocycles. The molecule has 28 heavy (non-hydrogen) atoms. The Balaban J connectivity index is 1.64. The van der Waals surface area contributed by atoms with E-state index in [9.17, 15) is 9.59 Å². The van der Waals surface area contributed by atoms with Crippen molar-refractivity contribution in [2.75, 3.05) is 19.6 Å². The lowest BCUT2D eigenvalue weighted by molar-refractivity contribution is -0.141. The molecule has 2 aromatic rings. The molecule has 0 unspecified atom stereocenters. The molecule has 1 saturated carbocycles. The van der Waals surface area contributed by atoms with Crippen molar-refractivity contribution in [1.82, 2.24) is 24.6 Å². The molecule has 0 radical (unpaired) electrons. The monoisotopic (exact) mass is 383 g/mol. The number of aryl methyl sites for hydroxylation is 2. The Kier molecular flexibility index (Phi) is 4.85. The quantitative estimate of drug-likeness (QED) is 0.799. The summed E-state index contributed by atoms with van der Waals surface area (Å²) < 4.78 is 1.85. The molecule has 7 nitrogen and oxygen atoms in total. The summed E-state index contributed by atoms with van der Waals surface area (Å²) in [5.74, 6) is 0.143. The van der Waals surface area contributed by atoms with Gasteiger partial charge in [0.25, 0.3) is 5.91 Å². The highest BCUT2D eigenvalue weighted by molar-refractivity contribution is 5.98. The molecule has 1 spiro atoms. The minimum absolute atomic E-state index is 0.0179. The number of pyridine rings is 1. The first-order valence-electron chi connectivity index (χ1n) is 10.4. The molecular weight excluding hydrogens is 354 g/mol. The van der Waals surface area contributed by atoms with Gasteiger partial charge in [0, 0.05) is 38.5 Å². The molecule has 150 valence electrons. The van der Waals surface area contributed by atoms with Gasteiger partial charge in [0.1, 0.15) is 0 Å². The van der Waals surface area contributed by atoms with Crippen LogP contribution in [0.4, 0.5) is 0 Å². The Labute approximate surface area is 165 Å². The highest BCUT2D eigenvalue weighted by atomic mass is 16.2. The van der Waals surface area contributed by atoms with E-state index in [4.69, 9.17) is 0 Å². The van der Waals surface area contributed by atoms with Crippen molar-refractivity contribution in [3.63, 3.8) is 0 Å². The van der Waals surface area contributed by atoms with Gasteiger partial charge < -0.3 is 9.80 Å². The van der Waals surface area contributed by atoms with Crippen LogP contribution in [0.2, 0.25) is 0 Å². The van der Waals surface area contributed by atoms with Crippen LogP contribution in [0.5, 0.6) is 0 Å². The number of piperazine rings is 1. The van der Waals surface area contributed by atoms with Crippen molar-refractivity contribution in [2.24, 2.45) is 0 Å². The number of fused-ring (bicyclic) bond motifs is 1. The van der Waals surface area contributed by atoms with Gasteiger partial charge >= 0.3 is 0 Å². The predicted octanol–water partition coefficient (Wildman–Crippen LogP) is 2.77. The topological polar surface area (TPSA) is 71.3 Å². The van der Waals surface area contributed by atoms with Gasteiger partial charge in [-0.2, -0.15) is 5.10 Å². The maximum absolute atomic E-state index is 13.4. The van der Waals surface area contributed by atoms with Crippen LogP contribution in [0.3, 0.4) is 0 Å². The van der Waals surface area contributed by atoms with Gasteiger partial charge in [0.05, 0.1) is 23.0 Å². The minimum atomic E-state index is -0.198. The smallest absolute Gasteiger partial charge is 0.255 e. The molecule has 1 aliphatic heterocycles. The van der Waals surface area contributed by atoms with Crippen molar-refractivity contribution in [1.29, 1.82) is 0 Å². The van der Waals surface area contributed by atoms with Crippen LogP contribution in [-0.4, -0.2) is 61.6 Å². The van der Waals surface area contributed by atoms with E-state index in [-0.39, 0.29) is 17.4 Å². The Morgan fingerprint density at radius 2 is 1.93 bits per heavy atom. The van der Waals surface area contributed by atoms with Gasteiger partial charge in [0.15, 0.2) is 5.65 Å². The largest absolute Gasteiger partial charge is 0.334 e. The maximum atomic E-state index is 13.4. The Bertz CT molecular complexity index is 913. The molecule has 1 aliphatic carbocycles. The van der Waals surface area contributed by atoms with Crippen LogP contribution in [0.15, 0.2) is 12.3 Å². The second-order valence-electron chi connectivity index (χ2n) is 8.18. The SMILES string of the molecule is CCn1ncc2cc(C(=O)N3CCN(C(C)=O)C4(CCCCC4)C3)c(C)nc21. The average Bonchev–Trinajstić information content (AvgIpc) is 3.08. The number of carbonyl (C=O) groups is 2. The number of hydrogen-bond donors (Lipinski definition) is 0. The molecule has 1 saturated heterocycles. The van der Waals surface area contributed by atoms with Crippen LogP contribution in [-0.2, 0) is 11.3 Å². The van der Waals surface area contributed by atoms with E-state index in [1.165, 1.54) is 6.42 Å². The van der Waals surface area contributed by atoms with Gasteiger partial charge in [-0.15, -0.1) is 0 Å². The van der Waals surface area contributed by atoms with Crippen molar-refractivity contribution in [2.45, 2.75) is 65.0 Å². The highest BCUT2D eigenvalue weighted by Gasteiger charge is 2.45. The fourth-order valence-electron chi connectivity index (χ4n) is 4.99. The molecule has 0 bridgehead atoms. The lowest BCUT2D eigenvalue weighted by Crippen LogP contribution is -2.65. The van der Waals surface area contributed by atoms with Gasteiger partial charge in [-0.05, 0) is 32.8 Å². The van der Waals surface area contributed by atoms with Gasteiger partial charge in [0.2, 0.25) is 5.91 Å². The number of aromatic nitrogens is 3. The van der Waals surface area contributed by atoms with E-state index in [1.807, 2.05) is 34.4 Å². The van der Waals surface area contributed by atoms with E-state index < -0.39 is 0 Å². The van der Waals surface area contributed by atoms with Crippen molar-refractivity contribution in [3.8, 4) is 0 Å². The summed E-state index contributed by atoms with van der Waals surface area (Å²) in [5, 5.41) is 5.24. The summed E-state index contributed by atoms with van der Waals surface area (Å²) in [6.07, 6.45) is 7.19. The van der Waals surface area contributed by atoms with Crippen LogP contribution in [0, 0.1) is 6.92 Å². The normalized spacial score (nSPS) is 19.4. The first-order valence-corrected chi connectivity index (χ1v) is 10.4. The summed E-state index contributed by atoms with van der Waals surface area (Å²) in [4.78, 5) is 34.3. The second kappa shape index (κ2) is 7.18. The summed E-state index contributed by atoms with van der Waals surface area (Å²) in [6, 6.07) is 1.92. The Hall–Kier alpha value is -2.44. The third-order valence-corrected chi connectivity index (χ3v) is 6.43. The number of carbonyl (C=O) groups excluding carboxylic acids is 2. The minimum Gasteiger partial charge on any atom is -0.334 e. The van der Waals surface area contributed by atoms with Gasteiger partial charge in [-0.25, -0.2) is 9.67 Å². The van der Waals surface area contributed by atoms with E-state index in [2.05, 4.69) is 10.1 Å². The molecule has 0 aromatic carbocycles. The molecule has 2 amide bonds. The molecular formula is C21H29N5O2. The molecule has 2 aliphatic rings. The maximum Gasteiger partial charge on any atom is 0.255 e. The molecule has 2 fully saturated rings. The average molecular weight is 383 g/mol. The lowest BCUT2D eigenvalue weighted by Gasteiger charge is -2.52. The molecule has 4 rings (SSSR count). The van der Waals surface area contributed by atoms with E-state index in [0.29, 0.717) is 25.2 Å². The first-order chi connectivity index (χ1) is 13.4. The molecule has 7 heteroatoms. The summed E-state index contributed by atoms with van der Waals surface area (Å²) >= 11 is 0. The number of nitrogens with zero attached hydrogens (tertiary/aromatic N) is 5. The second-order valence-corrected chi connectivity index (χ2v) is 8.18. The lowest BCUT2D eigenvalue weighted by atomic mass is 9.78. The van der Waals surface area contributed by atoms with E-state index in [1.54, 1.807) is 13.1 Å². The van der Waals surface area contributed by atoms with Crippen molar-refractivity contribution < 1.29 is 9.59 Å². The summed E-state index contributed by atoms with van der Waals surface area (Å²) in [6.45, 7) is 8.13. The number of hydrogen-bond acceptors (Lipinski definition) is 4. The molecule has 2 aromatic heterocycles. The zero-order chi connectivity index (χ0) is 19.9. The first kappa shape index (κ1) is 18.9. The molecule has 0 atom stereocenters. The zero-order valence-corrected chi connectivity index (χ0v) is 17.1. The third kappa shape index (κ3) is 3.06. The van der Waals surface area contributed by atoms with Crippen LogP contribution >= 0.6 is 0 Å². The van der Waals surface area contributed by atoms with Crippen LogP contribution in [0.1, 0.15) is 62.0 Å². The van der Waals surface area contributed by atoms with Crippen LogP contribution < -0.4 is 0 Å². The van der Waals surface area contributed by atoms with Gasteiger partial charge in [-0.1, -0.05) is 19.3 Å². The van der Waals surface area contributed by atoms with Crippen LogP contribution in [0.25, 0.3) is 11.0 Å². The Morgan fingerprint density at radius 1 is 1.18 bits per heavy atom. The fourth-order valence-corrected chi connectivity index (χ4v) is 4.99. The highest BCUT2D eigenvalue weighted by Crippen LogP contribution is 2.37. The number of amides is 2. The zero-order valence-electron chi connectivity index (χ0n) is 17.1. The summed E-state index contributed by atoms with van der Waals surface area (Å²) in [7, 11) is 0. The van der Waals surface area contributed by atoms with Crippen molar-refractivity contribution in [3.05, 3.63) is 23.5 Å². The fraction of sp³-hybridized carbons (Fsp3) is 0.619.